The minimum absolute atomic E-state index is 0.452. The van der Waals surface area contributed by atoms with Crippen LogP contribution in [0.15, 0.2) is 23.8 Å². The molecule has 0 aliphatic rings. The molecule has 0 amide bonds. The van der Waals surface area contributed by atoms with E-state index in [0.29, 0.717) is 5.92 Å². The maximum Gasteiger partial charge on any atom is -0.0262 e. The first-order valence-corrected chi connectivity index (χ1v) is 4.76. The van der Waals surface area contributed by atoms with Crippen LogP contribution in [0.5, 0.6) is 0 Å². The summed E-state index contributed by atoms with van der Waals surface area (Å²) in [7, 11) is 0. The van der Waals surface area contributed by atoms with Gasteiger partial charge in [0.25, 0.3) is 0 Å². The Kier molecular flexibility index (Phi) is 6.84. The predicted molar refractivity (Wildman–Crippen MR) is 56.9 cm³/mol. The smallest absolute Gasteiger partial charge is 0.0262 e. The summed E-state index contributed by atoms with van der Waals surface area (Å²) in [5.41, 5.74) is 1.42. The molecule has 69 valence electrons. The molecule has 0 saturated heterocycles. The predicted octanol–water partition coefficient (Wildman–Crippen LogP) is 4.15. The van der Waals surface area contributed by atoms with Gasteiger partial charge < -0.3 is 0 Å². The molecule has 0 aliphatic heterocycles. The number of hydrogen-bond acceptors (Lipinski definition) is 0. The normalized spacial score (nSPS) is 11.1. The molecule has 0 rings (SSSR count). The van der Waals surface area contributed by atoms with Crippen LogP contribution in [0.3, 0.4) is 0 Å². The van der Waals surface area contributed by atoms with Crippen LogP contribution in [0.2, 0.25) is 0 Å². The summed E-state index contributed by atoms with van der Waals surface area (Å²) >= 11 is 0. The Morgan fingerprint density at radius 3 is 2.50 bits per heavy atom. The highest BCUT2D eigenvalue weighted by Crippen LogP contribution is 2.02. The van der Waals surface area contributed by atoms with Gasteiger partial charge in [-0.25, -0.2) is 0 Å². The van der Waals surface area contributed by atoms with Crippen LogP contribution in [0.25, 0.3) is 0 Å². The van der Waals surface area contributed by atoms with Gasteiger partial charge in [0.1, 0.15) is 0 Å². The number of hydrogen-bond donors (Lipinski definition) is 0. The van der Waals surface area contributed by atoms with Gasteiger partial charge in [-0.1, -0.05) is 30.7 Å². The second-order valence-electron chi connectivity index (χ2n) is 3.62. The highest BCUT2D eigenvalue weighted by Gasteiger charge is 1.84. The lowest BCUT2D eigenvalue weighted by molar-refractivity contribution is 0.846. The van der Waals surface area contributed by atoms with Crippen LogP contribution in [-0.2, 0) is 0 Å². The van der Waals surface area contributed by atoms with Crippen LogP contribution in [0.1, 0.15) is 40.0 Å². The third-order valence-corrected chi connectivity index (χ3v) is 1.59. The van der Waals surface area contributed by atoms with E-state index in [9.17, 15) is 0 Å². The summed E-state index contributed by atoms with van der Waals surface area (Å²) in [6.07, 6.45) is 10.3. The Balaban J connectivity index is 3.28. The van der Waals surface area contributed by atoms with Crippen LogP contribution in [-0.4, -0.2) is 0 Å². The van der Waals surface area contributed by atoms with E-state index in [-0.39, 0.29) is 0 Å². The molecular weight excluding hydrogens is 144 g/mol. The lowest BCUT2D eigenvalue weighted by atomic mass is 10.1. The zero-order chi connectivity index (χ0) is 9.40. The maximum atomic E-state index is 3.89. The molecule has 1 atom stereocenters. The zero-order valence-corrected chi connectivity index (χ0v) is 8.64. The van der Waals surface area contributed by atoms with Crippen molar-refractivity contribution in [3.05, 3.63) is 30.7 Å². The molecule has 0 heteroatoms. The van der Waals surface area contributed by atoms with Gasteiger partial charge >= 0.3 is 0 Å². The fourth-order valence-corrected chi connectivity index (χ4v) is 0.955. The number of unbranched alkanes of at least 4 members (excludes halogenated alkanes) is 2. The first-order chi connectivity index (χ1) is 5.63. The van der Waals surface area contributed by atoms with E-state index in [2.05, 4.69) is 45.9 Å². The fraction of sp³-hybridized carbons (Fsp3) is 0.583. The lowest BCUT2D eigenvalue weighted by Crippen LogP contribution is -1.78. The van der Waals surface area contributed by atoms with Gasteiger partial charge in [-0.3, -0.25) is 0 Å². The molecule has 1 radical (unpaired) electrons. The van der Waals surface area contributed by atoms with Crippen molar-refractivity contribution in [1.82, 2.24) is 0 Å². The van der Waals surface area contributed by atoms with Crippen molar-refractivity contribution < 1.29 is 0 Å². The van der Waals surface area contributed by atoms with Crippen molar-refractivity contribution in [1.29, 1.82) is 0 Å². The first kappa shape index (κ1) is 11.5. The average Bonchev–Trinajstić information content (AvgIpc) is 1.95. The van der Waals surface area contributed by atoms with Gasteiger partial charge in [-0.15, -0.1) is 0 Å². The van der Waals surface area contributed by atoms with Crippen molar-refractivity contribution >= 4 is 0 Å². The summed E-state index contributed by atoms with van der Waals surface area (Å²) in [6.45, 7) is 10.3. The Labute approximate surface area is 77.4 Å². The van der Waals surface area contributed by atoms with Gasteiger partial charge in [0, 0.05) is 0 Å². The van der Waals surface area contributed by atoms with Crippen molar-refractivity contribution in [3.63, 3.8) is 0 Å². The molecule has 0 N–H and O–H groups in total. The molecule has 0 saturated carbocycles. The third-order valence-electron chi connectivity index (χ3n) is 1.59. The van der Waals surface area contributed by atoms with Crippen LogP contribution < -0.4 is 0 Å². The number of allylic oxidation sites excluding steroid dienone is 4. The summed E-state index contributed by atoms with van der Waals surface area (Å²) in [5, 5.41) is 0. The molecule has 0 aromatic carbocycles. The van der Waals surface area contributed by atoms with E-state index < -0.39 is 0 Å². The highest BCUT2D eigenvalue weighted by atomic mass is 13.9. The maximum absolute atomic E-state index is 3.89. The van der Waals surface area contributed by atoms with Gasteiger partial charge in [-0.2, -0.15) is 0 Å². The summed E-state index contributed by atoms with van der Waals surface area (Å²) in [4.78, 5) is 0. The lowest BCUT2D eigenvalue weighted by Gasteiger charge is -1.94. The fourth-order valence-electron chi connectivity index (χ4n) is 0.955. The monoisotopic (exact) mass is 165 g/mol. The van der Waals surface area contributed by atoms with Gasteiger partial charge in [0.2, 0.25) is 0 Å². The molecule has 0 fully saturated rings. The Morgan fingerprint density at radius 1 is 1.33 bits per heavy atom. The highest BCUT2D eigenvalue weighted by molar-refractivity contribution is 4.93. The average molecular weight is 165 g/mol. The van der Waals surface area contributed by atoms with Crippen LogP contribution in [0, 0.1) is 12.8 Å². The first-order valence-electron chi connectivity index (χ1n) is 4.76. The van der Waals surface area contributed by atoms with Crippen molar-refractivity contribution in [2.24, 2.45) is 5.92 Å². The third kappa shape index (κ3) is 9.48. The Morgan fingerprint density at radius 2 is 2.00 bits per heavy atom. The molecule has 0 spiro atoms. The van der Waals surface area contributed by atoms with E-state index >= 15 is 0 Å². The van der Waals surface area contributed by atoms with Crippen LogP contribution >= 0.6 is 0 Å². The molecule has 0 bridgehead atoms. The minimum Gasteiger partial charge on any atom is -0.0883 e. The topological polar surface area (TPSA) is 0 Å². The van der Waals surface area contributed by atoms with Gasteiger partial charge in [0.15, 0.2) is 0 Å². The van der Waals surface area contributed by atoms with Gasteiger partial charge in [0.05, 0.1) is 0 Å². The molecule has 1 unspecified atom stereocenters. The zero-order valence-electron chi connectivity index (χ0n) is 8.64. The molecule has 0 aliphatic carbocycles. The molecule has 0 aromatic heterocycles. The van der Waals surface area contributed by atoms with E-state index in [1.165, 1.54) is 24.8 Å². The molecule has 0 nitrogen and oxygen atoms in total. The molecular formula is C12H21. The Bertz CT molecular complexity index is 145. The quantitative estimate of drug-likeness (QED) is 0.424. The standard InChI is InChI=1S/C12H21/c1-11(2)9-7-5-6-8-10-12(3)4/h7,9-11H,1,5-6,8H2,2-4H3/b9-7+. The second kappa shape index (κ2) is 7.15. The SMILES string of the molecule is [CH2]C(C)/C=C/CCCC=C(C)C. The largest absolute Gasteiger partial charge is 0.0883 e. The van der Waals surface area contributed by atoms with E-state index in [1.807, 2.05) is 0 Å². The van der Waals surface area contributed by atoms with Crippen molar-refractivity contribution in [2.45, 2.75) is 40.0 Å². The Hall–Kier alpha value is -0.520. The van der Waals surface area contributed by atoms with Crippen molar-refractivity contribution in [3.8, 4) is 0 Å². The van der Waals surface area contributed by atoms with E-state index in [0.717, 1.165) is 0 Å². The molecule has 0 heterocycles. The number of rotatable bonds is 5. The second-order valence-corrected chi connectivity index (χ2v) is 3.62. The van der Waals surface area contributed by atoms with Gasteiger partial charge in [-0.05, 0) is 46.0 Å². The van der Waals surface area contributed by atoms with E-state index in [4.69, 9.17) is 0 Å². The summed E-state index contributed by atoms with van der Waals surface area (Å²) < 4.78 is 0. The van der Waals surface area contributed by atoms with E-state index in [1.54, 1.807) is 0 Å². The molecule has 12 heavy (non-hydrogen) atoms. The molecule has 0 aromatic rings. The van der Waals surface area contributed by atoms with Crippen molar-refractivity contribution in [2.75, 3.05) is 0 Å². The minimum atomic E-state index is 0.452. The summed E-state index contributed by atoms with van der Waals surface area (Å²) in [6, 6.07) is 0. The van der Waals surface area contributed by atoms with Crippen LogP contribution in [0.4, 0.5) is 0 Å². The summed E-state index contributed by atoms with van der Waals surface area (Å²) in [5.74, 6) is 0.452.